The fraction of sp³-hybridized carbons (Fsp3) is 0.500. The number of hydrogen-bond acceptors (Lipinski definition) is 4. The maximum Gasteiger partial charge on any atom is 0.239 e. The van der Waals surface area contributed by atoms with Gasteiger partial charge in [-0.25, -0.2) is 0 Å². The molecule has 1 heterocycles. The van der Waals surface area contributed by atoms with Gasteiger partial charge in [-0.2, -0.15) is 0 Å². The van der Waals surface area contributed by atoms with E-state index in [1.54, 1.807) is 6.07 Å². The van der Waals surface area contributed by atoms with Crippen LogP contribution in [0.15, 0.2) is 12.1 Å². The summed E-state index contributed by atoms with van der Waals surface area (Å²) in [6.45, 7) is 5.11. The van der Waals surface area contributed by atoms with Crippen molar-refractivity contribution < 1.29 is 9.59 Å². The second kappa shape index (κ2) is 6.39. The lowest BCUT2D eigenvalue weighted by atomic mass is 10.2. The van der Waals surface area contributed by atoms with Gasteiger partial charge in [0, 0.05) is 13.6 Å². The third kappa shape index (κ3) is 4.56. The Morgan fingerprint density at radius 1 is 1.53 bits per heavy atom. The highest BCUT2D eigenvalue weighted by Crippen LogP contribution is 2.23. The van der Waals surface area contributed by atoms with E-state index in [0.717, 1.165) is 11.3 Å². The molecule has 0 spiro atoms. The summed E-state index contributed by atoms with van der Waals surface area (Å²) in [6.07, 6.45) is 0.820. The molecule has 5 heteroatoms. The summed E-state index contributed by atoms with van der Waals surface area (Å²) in [7, 11) is 1.84. The predicted molar refractivity (Wildman–Crippen MR) is 70.8 cm³/mol. The molecule has 1 N–H and O–H groups in total. The van der Waals surface area contributed by atoms with E-state index in [4.69, 9.17) is 0 Å². The molecule has 0 saturated carbocycles. The van der Waals surface area contributed by atoms with Gasteiger partial charge in [0.05, 0.1) is 16.4 Å². The zero-order valence-electron chi connectivity index (χ0n) is 10.4. The number of rotatable bonds is 6. The number of anilines is 1. The second-order valence-corrected chi connectivity index (χ2v) is 5.44. The fourth-order valence-electron chi connectivity index (χ4n) is 1.28. The van der Waals surface area contributed by atoms with Crippen molar-refractivity contribution in [3.8, 4) is 0 Å². The van der Waals surface area contributed by atoms with Gasteiger partial charge in [-0.3, -0.25) is 9.59 Å². The average Bonchev–Trinajstić information content (AvgIpc) is 2.74. The molecule has 0 saturated heterocycles. The van der Waals surface area contributed by atoms with E-state index < -0.39 is 0 Å². The molecule has 4 nitrogen and oxygen atoms in total. The highest BCUT2D eigenvalue weighted by Gasteiger charge is 2.09. The maximum atomic E-state index is 11.6. The van der Waals surface area contributed by atoms with Crippen LogP contribution in [0.5, 0.6) is 0 Å². The normalized spacial score (nSPS) is 10.4. The van der Waals surface area contributed by atoms with Gasteiger partial charge >= 0.3 is 0 Å². The first-order chi connectivity index (χ1) is 8.02. The predicted octanol–water partition coefficient (Wildman–Crippen LogP) is 1.77. The number of nitrogens with zero attached hydrogens (tertiary/aromatic N) is 1. The van der Waals surface area contributed by atoms with E-state index in [-0.39, 0.29) is 5.91 Å². The molecule has 0 unspecified atom stereocenters. The highest BCUT2D eigenvalue weighted by atomic mass is 32.1. The van der Waals surface area contributed by atoms with Crippen LogP contribution in [0.2, 0.25) is 0 Å². The van der Waals surface area contributed by atoms with Crippen LogP contribution in [0.25, 0.3) is 0 Å². The SMILES string of the molecule is CC(C)CNC(=O)CN(C)c1ccc(C=O)s1. The van der Waals surface area contributed by atoms with Crippen LogP contribution in [0.4, 0.5) is 5.00 Å². The number of thiophene rings is 1. The quantitative estimate of drug-likeness (QED) is 0.787. The minimum absolute atomic E-state index is 0.00209. The summed E-state index contributed by atoms with van der Waals surface area (Å²) < 4.78 is 0. The van der Waals surface area contributed by atoms with Crippen LogP contribution in [-0.2, 0) is 4.79 Å². The monoisotopic (exact) mass is 254 g/mol. The van der Waals surface area contributed by atoms with Gasteiger partial charge in [0.25, 0.3) is 0 Å². The van der Waals surface area contributed by atoms with Crippen molar-refractivity contribution in [3.05, 3.63) is 17.0 Å². The van der Waals surface area contributed by atoms with Crippen LogP contribution in [0, 0.1) is 5.92 Å². The summed E-state index contributed by atoms with van der Waals surface area (Å²) in [5.74, 6) is 0.454. The number of carbonyl (C=O) groups excluding carboxylic acids is 2. The molecule has 0 bridgehead atoms. The lowest BCUT2D eigenvalue weighted by molar-refractivity contribution is -0.119. The van der Waals surface area contributed by atoms with Crippen molar-refractivity contribution in [2.24, 2.45) is 5.92 Å². The van der Waals surface area contributed by atoms with Gasteiger partial charge < -0.3 is 10.2 Å². The fourth-order valence-corrected chi connectivity index (χ4v) is 2.06. The van der Waals surface area contributed by atoms with Crippen LogP contribution in [0.3, 0.4) is 0 Å². The first kappa shape index (κ1) is 13.7. The van der Waals surface area contributed by atoms with Crippen molar-refractivity contribution in [3.63, 3.8) is 0 Å². The number of amides is 1. The van der Waals surface area contributed by atoms with Crippen molar-refractivity contribution >= 4 is 28.5 Å². The minimum atomic E-state index is 0.00209. The topological polar surface area (TPSA) is 49.4 Å². The smallest absolute Gasteiger partial charge is 0.239 e. The molecular formula is C12H18N2O2S. The zero-order chi connectivity index (χ0) is 12.8. The molecule has 0 fully saturated rings. The lowest BCUT2D eigenvalue weighted by Crippen LogP contribution is -2.36. The number of nitrogens with one attached hydrogen (secondary N) is 1. The molecule has 1 rings (SSSR count). The zero-order valence-corrected chi connectivity index (χ0v) is 11.2. The van der Waals surface area contributed by atoms with Crippen molar-refractivity contribution in [1.29, 1.82) is 0 Å². The van der Waals surface area contributed by atoms with Gasteiger partial charge in [0.15, 0.2) is 6.29 Å². The molecular weight excluding hydrogens is 236 g/mol. The Bertz CT molecular complexity index is 388. The van der Waals surface area contributed by atoms with Crippen molar-refractivity contribution in [2.45, 2.75) is 13.8 Å². The number of hydrogen-bond donors (Lipinski definition) is 1. The van der Waals surface area contributed by atoms with E-state index in [1.807, 2.05) is 18.0 Å². The van der Waals surface area contributed by atoms with Crippen molar-refractivity contribution in [1.82, 2.24) is 5.32 Å². The third-order valence-corrected chi connectivity index (χ3v) is 3.32. The Hall–Kier alpha value is -1.36. The standard InChI is InChI=1S/C12H18N2O2S/c1-9(2)6-13-11(16)7-14(3)12-5-4-10(8-15)17-12/h4-5,8-9H,6-7H2,1-3H3,(H,13,16). The Balaban J connectivity index is 2.45. The Labute approximate surface area is 106 Å². The first-order valence-corrected chi connectivity index (χ1v) is 6.37. The van der Waals surface area contributed by atoms with Gasteiger partial charge in [-0.1, -0.05) is 13.8 Å². The molecule has 1 amide bonds. The van der Waals surface area contributed by atoms with Gasteiger partial charge in [0.1, 0.15) is 0 Å². The molecule has 0 atom stereocenters. The first-order valence-electron chi connectivity index (χ1n) is 5.55. The molecule has 0 aromatic carbocycles. The van der Waals surface area contributed by atoms with Crippen LogP contribution in [0.1, 0.15) is 23.5 Å². The largest absolute Gasteiger partial charge is 0.357 e. The summed E-state index contributed by atoms with van der Waals surface area (Å²) in [5, 5.41) is 3.78. The Morgan fingerprint density at radius 3 is 2.76 bits per heavy atom. The summed E-state index contributed by atoms with van der Waals surface area (Å²) in [5.41, 5.74) is 0. The summed E-state index contributed by atoms with van der Waals surface area (Å²) in [6, 6.07) is 3.61. The number of aldehydes is 1. The minimum Gasteiger partial charge on any atom is -0.357 e. The summed E-state index contributed by atoms with van der Waals surface area (Å²) in [4.78, 5) is 24.7. The Kier molecular flexibility index (Phi) is 5.15. The highest BCUT2D eigenvalue weighted by molar-refractivity contribution is 7.17. The molecule has 1 aromatic rings. The molecule has 1 aromatic heterocycles. The molecule has 0 radical (unpaired) electrons. The van der Waals surface area contributed by atoms with Gasteiger partial charge in [-0.15, -0.1) is 11.3 Å². The van der Waals surface area contributed by atoms with E-state index in [2.05, 4.69) is 19.2 Å². The molecule has 17 heavy (non-hydrogen) atoms. The third-order valence-electron chi connectivity index (χ3n) is 2.19. The number of likely N-dealkylation sites (N-methyl/N-ethyl adjacent to an activating group) is 1. The van der Waals surface area contributed by atoms with E-state index in [0.29, 0.717) is 23.9 Å². The van der Waals surface area contributed by atoms with Crippen molar-refractivity contribution in [2.75, 3.05) is 25.0 Å². The van der Waals surface area contributed by atoms with Crippen LogP contribution >= 0.6 is 11.3 Å². The van der Waals surface area contributed by atoms with E-state index >= 15 is 0 Å². The number of carbonyl (C=O) groups is 2. The lowest BCUT2D eigenvalue weighted by Gasteiger charge is -2.17. The molecule has 0 aliphatic carbocycles. The molecule has 0 aliphatic rings. The maximum absolute atomic E-state index is 11.6. The van der Waals surface area contributed by atoms with Crippen LogP contribution in [-0.4, -0.2) is 32.3 Å². The second-order valence-electron chi connectivity index (χ2n) is 4.35. The van der Waals surface area contributed by atoms with Gasteiger partial charge in [0.2, 0.25) is 5.91 Å². The van der Waals surface area contributed by atoms with Gasteiger partial charge in [-0.05, 0) is 18.1 Å². The molecule has 0 aliphatic heterocycles. The van der Waals surface area contributed by atoms with E-state index in [1.165, 1.54) is 11.3 Å². The molecule has 94 valence electrons. The average molecular weight is 254 g/mol. The Morgan fingerprint density at radius 2 is 2.24 bits per heavy atom. The summed E-state index contributed by atoms with van der Waals surface area (Å²) >= 11 is 1.39. The van der Waals surface area contributed by atoms with Crippen LogP contribution < -0.4 is 10.2 Å². The van der Waals surface area contributed by atoms with E-state index in [9.17, 15) is 9.59 Å².